The Morgan fingerprint density at radius 1 is 1.42 bits per heavy atom. The molecule has 0 spiro atoms. The van der Waals surface area contributed by atoms with Gasteiger partial charge in [0.05, 0.1) is 11.7 Å². The van der Waals surface area contributed by atoms with Gasteiger partial charge in [0.25, 0.3) is 0 Å². The summed E-state index contributed by atoms with van der Waals surface area (Å²) in [6, 6.07) is 3.30. The molecule has 58 valence electrons. The molecule has 0 fully saturated rings. The van der Waals surface area contributed by atoms with E-state index in [0.717, 1.165) is 5.56 Å². The maximum Gasteiger partial charge on any atom is 1.00 e. The first-order valence-corrected chi connectivity index (χ1v) is 3.26. The van der Waals surface area contributed by atoms with E-state index < -0.39 is 5.97 Å². The van der Waals surface area contributed by atoms with E-state index in [2.05, 4.69) is 4.98 Å². The van der Waals surface area contributed by atoms with Gasteiger partial charge in [0.1, 0.15) is 0 Å². The first-order chi connectivity index (χ1) is 5.09. The molecule has 0 radical (unpaired) electrons. The van der Waals surface area contributed by atoms with Crippen molar-refractivity contribution in [1.82, 2.24) is 4.98 Å². The zero-order valence-corrected chi connectivity index (χ0v) is 9.42. The number of aryl methyl sites for hydroxylation is 2. The molecular formula is C8H8NNaO2. The zero-order valence-electron chi connectivity index (χ0n) is 7.42. The second-order valence-corrected chi connectivity index (χ2v) is 2.46. The van der Waals surface area contributed by atoms with Crippen molar-refractivity contribution < 1.29 is 39.5 Å². The van der Waals surface area contributed by atoms with Gasteiger partial charge >= 0.3 is 29.6 Å². The molecule has 0 atom stereocenters. The van der Waals surface area contributed by atoms with Crippen molar-refractivity contribution in [3.8, 4) is 0 Å². The van der Waals surface area contributed by atoms with Crippen LogP contribution in [0.25, 0.3) is 0 Å². The average molecular weight is 173 g/mol. The van der Waals surface area contributed by atoms with Crippen LogP contribution in [0.2, 0.25) is 0 Å². The number of carboxylic acids is 1. The molecule has 12 heavy (non-hydrogen) atoms. The fourth-order valence-electron chi connectivity index (χ4n) is 0.946. The fraction of sp³-hybridized carbons (Fsp3) is 0.250. The molecule has 0 saturated heterocycles. The minimum Gasteiger partial charge on any atom is -0.543 e. The molecule has 3 nitrogen and oxygen atoms in total. The van der Waals surface area contributed by atoms with Crippen LogP contribution < -0.4 is 34.7 Å². The summed E-state index contributed by atoms with van der Waals surface area (Å²) in [5.74, 6) is -1.23. The molecule has 1 aromatic rings. The van der Waals surface area contributed by atoms with E-state index in [0.29, 0.717) is 5.69 Å². The monoisotopic (exact) mass is 173 g/mol. The Morgan fingerprint density at radius 2 is 2.00 bits per heavy atom. The van der Waals surface area contributed by atoms with Crippen molar-refractivity contribution in [2.75, 3.05) is 0 Å². The maximum absolute atomic E-state index is 10.3. The van der Waals surface area contributed by atoms with Crippen molar-refractivity contribution in [3.05, 3.63) is 29.1 Å². The van der Waals surface area contributed by atoms with Gasteiger partial charge < -0.3 is 9.90 Å². The van der Waals surface area contributed by atoms with Crippen LogP contribution in [-0.2, 0) is 0 Å². The molecule has 1 heterocycles. The van der Waals surface area contributed by atoms with Crippen molar-refractivity contribution in [2.24, 2.45) is 0 Å². The van der Waals surface area contributed by atoms with Gasteiger partial charge in [-0.1, -0.05) is 0 Å². The van der Waals surface area contributed by atoms with Crippen molar-refractivity contribution in [3.63, 3.8) is 0 Å². The summed E-state index contributed by atoms with van der Waals surface area (Å²) in [6.07, 6.45) is 0. The molecule has 1 rings (SSSR count). The first-order valence-electron chi connectivity index (χ1n) is 3.26. The summed E-state index contributed by atoms with van der Waals surface area (Å²) in [7, 11) is 0. The minimum absolute atomic E-state index is 0. The molecule has 0 aliphatic heterocycles. The Bertz CT molecular complexity index is 279. The van der Waals surface area contributed by atoms with Gasteiger partial charge in [-0.15, -0.1) is 0 Å². The maximum atomic E-state index is 10.3. The normalized spacial score (nSPS) is 8.83. The van der Waals surface area contributed by atoms with Gasteiger partial charge in [-0.2, -0.15) is 0 Å². The molecule has 1 aromatic heterocycles. The fourth-order valence-corrected chi connectivity index (χ4v) is 0.946. The third-order valence-electron chi connectivity index (χ3n) is 1.31. The van der Waals surface area contributed by atoms with Crippen molar-refractivity contribution in [1.29, 1.82) is 0 Å². The topological polar surface area (TPSA) is 53.0 Å². The average Bonchev–Trinajstić information content (AvgIpc) is 1.85. The number of hydrogen-bond acceptors (Lipinski definition) is 3. The smallest absolute Gasteiger partial charge is 0.543 e. The predicted molar refractivity (Wildman–Crippen MR) is 38.0 cm³/mol. The molecule has 0 aliphatic rings. The van der Waals surface area contributed by atoms with Crippen molar-refractivity contribution in [2.45, 2.75) is 13.8 Å². The van der Waals surface area contributed by atoms with E-state index in [4.69, 9.17) is 0 Å². The first kappa shape index (κ1) is 11.6. The van der Waals surface area contributed by atoms with E-state index in [1.807, 2.05) is 13.0 Å². The second-order valence-electron chi connectivity index (χ2n) is 2.46. The molecule has 0 aliphatic carbocycles. The van der Waals surface area contributed by atoms with E-state index in [1.54, 1.807) is 6.92 Å². The Balaban J connectivity index is 0.00000121. The quantitative estimate of drug-likeness (QED) is 0.427. The number of aromatic carboxylic acids is 1. The van der Waals surface area contributed by atoms with Crippen molar-refractivity contribution >= 4 is 5.97 Å². The number of hydrogen-bond donors (Lipinski definition) is 0. The predicted octanol–water partition coefficient (Wildman–Crippen LogP) is -2.93. The van der Waals surface area contributed by atoms with Crippen LogP contribution in [0.5, 0.6) is 0 Å². The third-order valence-corrected chi connectivity index (χ3v) is 1.31. The summed E-state index contributed by atoms with van der Waals surface area (Å²) in [4.78, 5) is 14.1. The Labute approximate surface area is 93.1 Å². The molecule has 4 heteroatoms. The molecule has 0 bridgehead atoms. The van der Waals surface area contributed by atoms with Crippen LogP contribution >= 0.6 is 0 Å². The zero-order chi connectivity index (χ0) is 8.43. The standard InChI is InChI=1S/C8H9NO2.Na/c1-5-3-6(2)9-7(4-5)8(10)11;/h3-4H,1-2H3,(H,10,11);/q;+1/p-1. The van der Waals surface area contributed by atoms with Gasteiger partial charge in [-0.05, 0) is 31.5 Å². The molecule has 0 amide bonds. The van der Waals surface area contributed by atoms with E-state index in [1.165, 1.54) is 6.07 Å². The van der Waals surface area contributed by atoms with E-state index >= 15 is 0 Å². The number of pyridine rings is 1. The minimum atomic E-state index is -1.23. The van der Waals surface area contributed by atoms with Gasteiger partial charge in [0, 0.05) is 5.69 Å². The summed E-state index contributed by atoms with van der Waals surface area (Å²) in [5.41, 5.74) is 1.59. The molecule has 0 saturated carbocycles. The molecule has 0 N–H and O–H groups in total. The van der Waals surface area contributed by atoms with E-state index in [-0.39, 0.29) is 35.3 Å². The summed E-state index contributed by atoms with van der Waals surface area (Å²) in [5, 5.41) is 10.3. The Morgan fingerprint density at radius 3 is 2.42 bits per heavy atom. The van der Waals surface area contributed by atoms with Crippen LogP contribution in [0, 0.1) is 13.8 Å². The SMILES string of the molecule is Cc1cc(C)nc(C(=O)[O-])c1.[Na+]. The van der Waals surface area contributed by atoms with Gasteiger partial charge in [-0.3, -0.25) is 4.98 Å². The molecule has 0 aromatic carbocycles. The summed E-state index contributed by atoms with van der Waals surface area (Å²) >= 11 is 0. The van der Waals surface area contributed by atoms with Crippen LogP contribution in [0.4, 0.5) is 0 Å². The number of carboxylic acid groups (broad SMARTS) is 1. The summed E-state index contributed by atoms with van der Waals surface area (Å²) < 4.78 is 0. The second kappa shape index (κ2) is 4.60. The van der Waals surface area contributed by atoms with Crippen LogP contribution in [-0.4, -0.2) is 11.0 Å². The number of rotatable bonds is 1. The molecule has 0 unspecified atom stereocenters. The molecular weight excluding hydrogens is 165 g/mol. The van der Waals surface area contributed by atoms with Crippen LogP contribution in [0.3, 0.4) is 0 Å². The van der Waals surface area contributed by atoms with Gasteiger partial charge in [0.2, 0.25) is 0 Å². The Hall–Kier alpha value is -0.380. The Kier molecular flexibility index (Phi) is 4.45. The summed E-state index contributed by atoms with van der Waals surface area (Å²) in [6.45, 7) is 3.57. The third kappa shape index (κ3) is 2.93. The van der Waals surface area contributed by atoms with Gasteiger partial charge in [0.15, 0.2) is 0 Å². The largest absolute Gasteiger partial charge is 1.00 e. The number of carbonyl (C=O) groups excluding carboxylic acids is 1. The number of nitrogens with zero attached hydrogens (tertiary/aromatic N) is 1. The van der Waals surface area contributed by atoms with Crippen LogP contribution in [0.15, 0.2) is 12.1 Å². The number of carbonyl (C=O) groups is 1. The van der Waals surface area contributed by atoms with E-state index in [9.17, 15) is 9.90 Å². The van der Waals surface area contributed by atoms with Gasteiger partial charge in [-0.25, -0.2) is 0 Å². The number of aromatic nitrogens is 1. The van der Waals surface area contributed by atoms with Crippen LogP contribution in [0.1, 0.15) is 21.7 Å².